The number of aryl methyl sites for hydroxylation is 1. The number of carbonyl (C=O) groups excluding carboxylic acids is 1. The van der Waals surface area contributed by atoms with Crippen LogP contribution in [0.15, 0.2) is 41.2 Å². The van der Waals surface area contributed by atoms with Crippen molar-refractivity contribution < 1.29 is 13.9 Å². The van der Waals surface area contributed by atoms with Crippen molar-refractivity contribution in [3.63, 3.8) is 0 Å². The first-order valence-corrected chi connectivity index (χ1v) is 6.06. The molecule has 20 heavy (non-hydrogen) atoms. The Bertz CT molecular complexity index is 707. The van der Waals surface area contributed by atoms with Crippen molar-refractivity contribution in [2.24, 2.45) is 0 Å². The fourth-order valence-corrected chi connectivity index (χ4v) is 1.95. The van der Waals surface area contributed by atoms with Crippen molar-refractivity contribution in [1.82, 2.24) is 4.57 Å². The van der Waals surface area contributed by atoms with Gasteiger partial charge in [0.1, 0.15) is 11.6 Å². The first kappa shape index (κ1) is 14.0. The Balaban J connectivity index is 2.38. The highest BCUT2D eigenvalue weighted by atomic mass is 19.1. The molecule has 0 saturated heterocycles. The Morgan fingerprint density at radius 2 is 2.05 bits per heavy atom. The molecule has 1 aromatic heterocycles. The van der Waals surface area contributed by atoms with Crippen LogP contribution in [-0.2, 0) is 6.54 Å². The molecular weight excluding hydrogens is 261 g/mol. The monoisotopic (exact) mass is 275 g/mol. The van der Waals surface area contributed by atoms with Crippen molar-refractivity contribution in [3.05, 3.63) is 63.8 Å². The van der Waals surface area contributed by atoms with Crippen LogP contribution in [0.2, 0.25) is 0 Å². The van der Waals surface area contributed by atoms with Gasteiger partial charge in [-0.2, -0.15) is 0 Å². The lowest BCUT2D eigenvalue weighted by Crippen LogP contribution is -2.25. The molecule has 0 N–H and O–H groups in total. The van der Waals surface area contributed by atoms with Gasteiger partial charge in [-0.25, -0.2) is 4.39 Å². The minimum Gasteiger partial charge on any atom is -0.496 e. The summed E-state index contributed by atoms with van der Waals surface area (Å²) >= 11 is 0. The van der Waals surface area contributed by atoms with Crippen LogP contribution >= 0.6 is 0 Å². The summed E-state index contributed by atoms with van der Waals surface area (Å²) in [7, 11) is 1.41. The minimum absolute atomic E-state index is 0.127. The zero-order valence-electron chi connectivity index (χ0n) is 11.2. The molecule has 0 radical (unpaired) electrons. The number of hydrogen-bond acceptors (Lipinski definition) is 3. The zero-order chi connectivity index (χ0) is 14.7. The van der Waals surface area contributed by atoms with E-state index in [0.29, 0.717) is 5.69 Å². The Morgan fingerprint density at radius 3 is 2.70 bits per heavy atom. The van der Waals surface area contributed by atoms with Crippen LogP contribution in [-0.4, -0.2) is 17.5 Å². The summed E-state index contributed by atoms with van der Waals surface area (Å²) < 4.78 is 19.6. The number of carbonyl (C=O) groups is 1. The van der Waals surface area contributed by atoms with E-state index in [2.05, 4.69) is 0 Å². The molecule has 5 heteroatoms. The lowest BCUT2D eigenvalue weighted by molar-refractivity contribution is 0.0966. The van der Waals surface area contributed by atoms with Crippen LogP contribution in [0.3, 0.4) is 0 Å². The van der Waals surface area contributed by atoms with Crippen LogP contribution in [0.1, 0.15) is 16.1 Å². The van der Waals surface area contributed by atoms with Gasteiger partial charge >= 0.3 is 0 Å². The van der Waals surface area contributed by atoms with E-state index in [4.69, 9.17) is 4.74 Å². The van der Waals surface area contributed by atoms with Gasteiger partial charge in [0.05, 0.1) is 19.2 Å². The third-order valence-corrected chi connectivity index (χ3v) is 3.03. The number of hydrogen-bond donors (Lipinski definition) is 0. The number of rotatable bonds is 4. The van der Waals surface area contributed by atoms with Gasteiger partial charge in [0.2, 0.25) is 0 Å². The predicted molar refractivity (Wildman–Crippen MR) is 72.7 cm³/mol. The van der Waals surface area contributed by atoms with Crippen LogP contribution in [0, 0.1) is 12.7 Å². The molecule has 0 aliphatic carbocycles. The number of halogens is 1. The highest BCUT2D eigenvalue weighted by Crippen LogP contribution is 2.20. The van der Waals surface area contributed by atoms with E-state index in [9.17, 15) is 14.0 Å². The second-order valence-electron chi connectivity index (χ2n) is 4.36. The van der Waals surface area contributed by atoms with Crippen molar-refractivity contribution in [3.8, 4) is 5.75 Å². The number of methoxy groups -OCH3 is 1. The molecule has 0 unspecified atom stereocenters. The van der Waals surface area contributed by atoms with Crippen molar-refractivity contribution >= 4 is 5.78 Å². The average Bonchev–Trinajstić information content (AvgIpc) is 2.43. The third-order valence-electron chi connectivity index (χ3n) is 3.03. The van der Waals surface area contributed by atoms with Crippen LogP contribution in [0.5, 0.6) is 5.75 Å². The van der Waals surface area contributed by atoms with Gasteiger partial charge in [-0.15, -0.1) is 0 Å². The maximum atomic E-state index is 13.3. The van der Waals surface area contributed by atoms with Gasteiger partial charge in [0.15, 0.2) is 5.78 Å². The van der Waals surface area contributed by atoms with E-state index in [1.54, 1.807) is 19.1 Å². The highest BCUT2D eigenvalue weighted by Gasteiger charge is 2.15. The summed E-state index contributed by atoms with van der Waals surface area (Å²) in [5.74, 6) is -0.609. The van der Waals surface area contributed by atoms with E-state index >= 15 is 0 Å². The maximum absolute atomic E-state index is 13.3. The number of ether oxygens (including phenoxy) is 1. The molecule has 0 fully saturated rings. The molecule has 0 amide bonds. The summed E-state index contributed by atoms with van der Waals surface area (Å²) in [5, 5.41) is 0. The molecule has 0 spiro atoms. The maximum Gasteiger partial charge on any atom is 0.251 e. The smallest absolute Gasteiger partial charge is 0.251 e. The van der Waals surface area contributed by atoms with Gasteiger partial charge < -0.3 is 9.30 Å². The largest absolute Gasteiger partial charge is 0.496 e. The Hall–Kier alpha value is -2.43. The number of aromatic nitrogens is 1. The van der Waals surface area contributed by atoms with Gasteiger partial charge in [0.25, 0.3) is 5.56 Å². The molecule has 104 valence electrons. The second-order valence-corrected chi connectivity index (χ2v) is 4.36. The Morgan fingerprint density at radius 1 is 1.30 bits per heavy atom. The molecule has 0 bridgehead atoms. The van der Waals surface area contributed by atoms with Crippen LogP contribution in [0.4, 0.5) is 4.39 Å². The number of pyridine rings is 1. The van der Waals surface area contributed by atoms with E-state index in [0.717, 1.165) is 6.07 Å². The van der Waals surface area contributed by atoms with E-state index in [1.165, 1.54) is 29.9 Å². The first-order chi connectivity index (χ1) is 9.52. The number of ketones is 1. The fraction of sp³-hybridized carbons (Fsp3) is 0.200. The van der Waals surface area contributed by atoms with Gasteiger partial charge in [-0.05, 0) is 31.2 Å². The number of Topliss-reactive ketones (excluding diaryl/α,β-unsaturated/α-hetero) is 1. The Labute approximate surface area is 115 Å². The van der Waals surface area contributed by atoms with Crippen LogP contribution in [0.25, 0.3) is 0 Å². The third kappa shape index (κ3) is 2.77. The summed E-state index contributed by atoms with van der Waals surface area (Å²) in [6.45, 7) is 1.59. The molecule has 0 aliphatic heterocycles. The first-order valence-electron chi connectivity index (χ1n) is 6.06. The van der Waals surface area contributed by atoms with E-state index < -0.39 is 5.82 Å². The molecule has 4 nitrogen and oxygen atoms in total. The predicted octanol–water partition coefficient (Wildman–Crippen LogP) is 2.19. The second kappa shape index (κ2) is 5.69. The topological polar surface area (TPSA) is 48.3 Å². The van der Waals surface area contributed by atoms with Gasteiger partial charge in [-0.1, -0.05) is 6.07 Å². The zero-order valence-corrected chi connectivity index (χ0v) is 11.2. The molecule has 0 aliphatic rings. The van der Waals surface area contributed by atoms with Crippen molar-refractivity contribution in [2.45, 2.75) is 13.5 Å². The summed E-state index contributed by atoms with van der Waals surface area (Å²) in [5.41, 5.74) is 0.526. The highest BCUT2D eigenvalue weighted by molar-refractivity contribution is 5.98. The summed E-state index contributed by atoms with van der Waals surface area (Å²) in [6.07, 6.45) is 0. The molecule has 0 saturated carbocycles. The number of nitrogens with zero attached hydrogens (tertiary/aromatic N) is 1. The number of benzene rings is 1. The molecule has 2 rings (SSSR count). The molecule has 2 aromatic rings. The van der Waals surface area contributed by atoms with E-state index in [-0.39, 0.29) is 29.2 Å². The normalized spacial score (nSPS) is 10.3. The van der Waals surface area contributed by atoms with Crippen molar-refractivity contribution in [2.75, 3.05) is 7.11 Å². The minimum atomic E-state index is -0.522. The van der Waals surface area contributed by atoms with Crippen molar-refractivity contribution in [1.29, 1.82) is 0 Å². The molecule has 1 heterocycles. The molecule has 1 aromatic carbocycles. The molecular formula is C15H14FNO3. The Kier molecular flexibility index (Phi) is 3.98. The average molecular weight is 275 g/mol. The summed E-state index contributed by atoms with van der Waals surface area (Å²) in [4.78, 5) is 24.0. The standard InChI is InChI=1S/C15H14FNO3/c1-10-4-3-5-15(19)17(10)9-13(18)12-8-11(16)6-7-14(12)20-2/h3-8H,9H2,1-2H3. The summed E-state index contributed by atoms with van der Waals surface area (Å²) in [6, 6.07) is 8.46. The lowest BCUT2D eigenvalue weighted by Gasteiger charge is -2.11. The van der Waals surface area contributed by atoms with E-state index in [1.807, 2.05) is 0 Å². The van der Waals surface area contributed by atoms with Gasteiger partial charge in [-0.3, -0.25) is 9.59 Å². The quantitative estimate of drug-likeness (QED) is 0.804. The fourth-order valence-electron chi connectivity index (χ4n) is 1.95. The lowest BCUT2D eigenvalue weighted by atomic mass is 10.1. The van der Waals surface area contributed by atoms with Gasteiger partial charge in [0, 0.05) is 11.8 Å². The molecule has 0 atom stereocenters. The van der Waals surface area contributed by atoms with Crippen LogP contribution < -0.4 is 10.3 Å². The SMILES string of the molecule is COc1ccc(F)cc1C(=O)Cn1c(C)cccc1=O.